The van der Waals surface area contributed by atoms with Gasteiger partial charge < -0.3 is 10.2 Å². The van der Waals surface area contributed by atoms with Crippen molar-refractivity contribution in [3.8, 4) is 17.0 Å². The second kappa shape index (κ2) is 6.46. The molecular weight excluding hydrogens is 310 g/mol. The summed E-state index contributed by atoms with van der Waals surface area (Å²) in [6.45, 7) is 0. The predicted molar refractivity (Wildman–Crippen MR) is 91.5 cm³/mol. The number of thiazole rings is 1. The van der Waals surface area contributed by atoms with Gasteiger partial charge in [-0.25, -0.2) is 9.78 Å². The summed E-state index contributed by atoms with van der Waals surface area (Å²) < 4.78 is 0. The van der Waals surface area contributed by atoms with E-state index in [0.29, 0.717) is 0 Å². The van der Waals surface area contributed by atoms with Gasteiger partial charge in [0.2, 0.25) is 0 Å². The molecule has 23 heavy (non-hydrogen) atoms. The second-order valence-corrected chi connectivity index (χ2v) is 5.77. The summed E-state index contributed by atoms with van der Waals surface area (Å²) in [4.78, 5) is 15.5. The van der Waals surface area contributed by atoms with E-state index in [2.05, 4.69) is 4.98 Å². The molecule has 3 rings (SSSR count). The Morgan fingerprint density at radius 1 is 1.09 bits per heavy atom. The van der Waals surface area contributed by atoms with Crippen molar-refractivity contribution in [1.82, 2.24) is 4.98 Å². The molecule has 0 atom stereocenters. The summed E-state index contributed by atoms with van der Waals surface area (Å²) in [6, 6.07) is 13.7. The molecule has 0 radical (unpaired) electrons. The minimum Gasteiger partial charge on any atom is -0.508 e. The smallest absolute Gasteiger partial charge is 0.335 e. The van der Waals surface area contributed by atoms with Crippen LogP contribution in [0, 0.1) is 0 Å². The lowest BCUT2D eigenvalue weighted by atomic mass is 10.1. The first-order valence-electron chi connectivity index (χ1n) is 6.88. The first-order valence-corrected chi connectivity index (χ1v) is 7.76. The van der Waals surface area contributed by atoms with Gasteiger partial charge in [-0.2, -0.15) is 0 Å². The van der Waals surface area contributed by atoms with Crippen LogP contribution in [-0.4, -0.2) is 21.2 Å². The third-order valence-corrected chi connectivity index (χ3v) is 4.03. The van der Waals surface area contributed by atoms with Crippen LogP contribution < -0.4 is 0 Å². The Hall–Kier alpha value is -2.92. The van der Waals surface area contributed by atoms with E-state index in [9.17, 15) is 9.90 Å². The van der Waals surface area contributed by atoms with E-state index in [0.717, 1.165) is 21.8 Å². The van der Waals surface area contributed by atoms with Crippen molar-refractivity contribution in [3.05, 3.63) is 70.0 Å². The van der Waals surface area contributed by atoms with Crippen molar-refractivity contribution in [2.75, 3.05) is 0 Å². The lowest BCUT2D eigenvalue weighted by molar-refractivity contribution is 0.0697. The number of hydrogen-bond donors (Lipinski definition) is 2. The number of aromatic carboxylic acids is 1. The maximum Gasteiger partial charge on any atom is 0.335 e. The van der Waals surface area contributed by atoms with E-state index in [1.807, 2.05) is 29.7 Å². The van der Waals surface area contributed by atoms with Crippen molar-refractivity contribution in [2.24, 2.45) is 0 Å². The number of phenols is 1. The van der Waals surface area contributed by atoms with Gasteiger partial charge in [0, 0.05) is 10.9 Å². The van der Waals surface area contributed by atoms with Crippen molar-refractivity contribution in [2.45, 2.75) is 0 Å². The number of carbonyl (C=O) groups is 1. The van der Waals surface area contributed by atoms with E-state index in [4.69, 9.17) is 5.11 Å². The van der Waals surface area contributed by atoms with Crippen LogP contribution in [0.3, 0.4) is 0 Å². The van der Waals surface area contributed by atoms with Crippen LogP contribution in [0.5, 0.6) is 5.75 Å². The molecule has 0 aliphatic rings. The highest BCUT2D eigenvalue weighted by Crippen LogP contribution is 2.24. The molecule has 114 valence electrons. The molecule has 1 heterocycles. The van der Waals surface area contributed by atoms with E-state index >= 15 is 0 Å². The van der Waals surface area contributed by atoms with Gasteiger partial charge in [0.15, 0.2) is 0 Å². The molecule has 0 saturated carbocycles. The predicted octanol–water partition coefficient (Wildman–Crippen LogP) is 4.38. The van der Waals surface area contributed by atoms with Gasteiger partial charge in [-0.15, -0.1) is 11.3 Å². The van der Waals surface area contributed by atoms with Gasteiger partial charge in [0.25, 0.3) is 0 Å². The largest absolute Gasteiger partial charge is 0.508 e. The highest BCUT2D eigenvalue weighted by molar-refractivity contribution is 7.10. The van der Waals surface area contributed by atoms with Gasteiger partial charge in [-0.05, 0) is 35.9 Å². The van der Waals surface area contributed by atoms with Crippen molar-refractivity contribution in [1.29, 1.82) is 0 Å². The number of nitrogens with zero attached hydrogens (tertiary/aromatic N) is 1. The quantitative estimate of drug-likeness (QED) is 0.747. The number of carboxylic acid groups (broad SMARTS) is 1. The molecular formula is C18H13NO3S. The fourth-order valence-electron chi connectivity index (χ4n) is 2.10. The third-order valence-electron chi connectivity index (χ3n) is 3.22. The summed E-state index contributed by atoms with van der Waals surface area (Å²) in [5, 5.41) is 21.2. The highest BCUT2D eigenvalue weighted by Gasteiger charge is 2.07. The average molecular weight is 323 g/mol. The Balaban J connectivity index is 1.83. The normalized spacial score (nSPS) is 11.0. The Kier molecular flexibility index (Phi) is 4.21. The van der Waals surface area contributed by atoms with Crippen molar-refractivity contribution >= 4 is 29.5 Å². The van der Waals surface area contributed by atoms with E-state index in [-0.39, 0.29) is 11.3 Å². The Labute approximate surface area is 137 Å². The molecule has 2 N–H and O–H groups in total. The van der Waals surface area contributed by atoms with E-state index in [1.54, 1.807) is 36.4 Å². The van der Waals surface area contributed by atoms with Crippen LogP contribution in [0.2, 0.25) is 0 Å². The summed E-state index contributed by atoms with van der Waals surface area (Å²) in [7, 11) is 0. The standard InChI is InChI=1S/C18H13NO3S/c20-15-6-1-3-12(9-15)7-8-17-19-16(11-23-17)13-4-2-5-14(10-13)18(21)22/h1-11,20H,(H,21,22)/b8-7+. The minimum atomic E-state index is -0.953. The fraction of sp³-hybridized carbons (Fsp3) is 0. The molecule has 0 unspecified atom stereocenters. The number of aromatic hydroxyl groups is 1. The first kappa shape index (κ1) is 15.0. The SMILES string of the molecule is O=C(O)c1cccc(-c2csc(/C=C/c3cccc(O)c3)n2)c1. The second-order valence-electron chi connectivity index (χ2n) is 4.89. The van der Waals surface area contributed by atoms with Crippen LogP contribution in [0.15, 0.2) is 53.9 Å². The van der Waals surface area contributed by atoms with Crippen LogP contribution in [0.4, 0.5) is 0 Å². The van der Waals surface area contributed by atoms with Crippen LogP contribution in [-0.2, 0) is 0 Å². The molecule has 1 aromatic heterocycles. The summed E-state index contributed by atoms with van der Waals surface area (Å²) in [5.74, 6) is -0.733. The van der Waals surface area contributed by atoms with Crippen molar-refractivity contribution < 1.29 is 15.0 Å². The molecule has 3 aromatic rings. The molecule has 0 aliphatic heterocycles. The van der Waals surface area contributed by atoms with Gasteiger partial charge in [0.05, 0.1) is 11.3 Å². The molecule has 0 spiro atoms. The number of hydrogen-bond acceptors (Lipinski definition) is 4. The third kappa shape index (κ3) is 3.64. The summed E-state index contributed by atoms with van der Waals surface area (Å²) in [6.07, 6.45) is 3.74. The maximum absolute atomic E-state index is 11.0. The minimum absolute atomic E-state index is 0.220. The highest BCUT2D eigenvalue weighted by atomic mass is 32.1. The Morgan fingerprint density at radius 2 is 1.91 bits per heavy atom. The van der Waals surface area contributed by atoms with Gasteiger partial charge in [-0.3, -0.25) is 0 Å². The molecule has 0 saturated heterocycles. The van der Waals surface area contributed by atoms with Gasteiger partial charge in [-0.1, -0.05) is 30.3 Å². The zero-order valence-electron chi connectivity index (χ0n) is 12.0. The number of rotatable bonds is 4. The van der Waals surface area contributed by atoms with Crippen molar-refractivity contribution in [3.63, 3.8) is 0 Å². The lowest BCUT2D eigenvalue weighted by Gasteiger charge is -1.98. The van der Waals surface area contributed by atoms with Gasteiger partial charge in [0.1, 0.15) is 10.8 Å². The topological polar surface area (TPSA) is 70.4 Å². The number of aromatic nitrogens is 1. The Morgan fingerprint density at radius 3 is 2.70 bits per heavy atom. The number of phenolic OH excluding ortho intramolecular Hbond substituents is 1. The fourth-order valence-corrected chi connectivity index (χ4v) is 2.82. The molecule has 0 fully saturated rings. The monoisotopic (exact) mass is 323 g/mol. The van der Waals surface area contributed by atoms with Crippen LogP contribution in [0.25, 0.3) is 23.4 Å². The van der Waals surface area contributed by atoms with Gasteiger partial charge >= 0.3 is 5.97 Å². The molecule has 5 heteroatoms. The average Bonchev–Trinajstić information content (AvgIpc) is 3.02. The zero-order chi connectivity index (χ0) is 16.2. The van der Waals surface area contributed by atoms with Crippen LogP contribution in [0.1, 0.15) is 20.9 Å². The lowest BCUT2D eigenvalue weighted by Crippen LogP contribution is -1.95. The molecule has 4 nitrogen and oxygen atoms in total. The maximum atomic E-state index is 11.0. The molecule has 0 amide bonds. The molecule has 2 aromatic carbocycles. The number of benzene rings is 2. The molecule has 0 bridgehead atoms. The number of carboxylic acids is 1. The summed E-state index contributed by atoms with van der Waals surface area (Å²) >= 11 is 1.47. The zero-order valence-corrected chi connectivity index (χ0v) is 12.8. The Bertz CT molecular complexity index is 883. The first-order chi connectivity index (χ1) is 11.1. The summed E-state index contributed by atoms with van der Waals surface area (Å²) in [5.41, 5.74) is 2.65. The molecule has 0 aliphatic carbocycles. The van der Waals surface area contributed by atoms with E-state index in [1.165, 1.54) is 11.3 Å². The van der Waals surface area contributed by atoms with Crippen LogP contribution >= 0.6 is 11.3 Å². The van der Waals surface area contributed by atoms with E-state index < -0.39 is 5.97 Å².